The fraction of sp³-hybridized carbons (Fsp3) is 0.500. The lowest BCUT2D eigenvalue weighted by molar-refractivity contribution is -0.181. The minimum Gasteiger partial charge on any atom is -0.456 e. The van der Waals surface area contributed by atoms with Gasteiger partial charge in [0.2, 0.25) is 0 Å². The van der Waals surface area contributed by atoms with Crippen LogP contribution in [0.2, 0.25) is 10.0 Å². The molecule has 114 valence electrons. The molecule has 1 heterocycles. The van der Waals surface area contributed by atoms with E-state index in [2.05, 4.69) is 0 Å². The Hall–Kier alpha value is -1.06. The number of benzene rings is 1. The second-order valence-corrected chi connectivity index (χ2v) is 7.09. The van der Waals surface area contributed by atoms with Gasteiger partial charge in [-0.1, -0.05) is 43.1 Å². The predicted molar refractivity (Wildman–Crippen MR) is 82.4 cm³/mol. The highest BCUT2D eigenvalue weighted by Crippen LogP contribution is 2.45. The van der Waals surface area contributed by atoms with E-state index in [-0.39, 0.29) is 11.7 Å². The molecule has 1 aromatic rings. The number of hydrogen-bond donors (Lipinski definition) is 0. The average Bonchev–Trinajstić information content (AvgIpc) is 2.35. The number of ether oxygens (including phenoxy) is 1. The summed E-state index contributed by atoms with van der Waals surface area (Å²) in [6.45, 7) is 7.09. The SMILES string of the molecule is CC(C)[C@@H]1C(=O)C(C)(C)C(=O)O[C@@H]1c1ccc(Cl)cc1Cl. The first kappa shape index (κ1) is 16.3. The van der Waals surface area contributed by atoms with Gasteiger partial charge >= 0.3 is 5.97 Å². The van der Waals surface area contributed by atoms with Crippen molar-refractivity contribution in [3.63, 3.8) is 0 Å². The first-order valence-electron chi connectivity index (χ1n) is 6.86. The van der Waals surface area contributed by atoms with Crippen molar-refractivity contribution in [2.75, 3.05) is 0 Å². The van der Waals surface area contributed by atoms with Gasteiger partial charge in [0.15, 0.2) is 5.78 Å². The van der Waals surface area contributed by atoms with Gasteiger partial charge < -0.3 is 4.74 Å². The third-order valence-corrected chi connectivity index (χ3v) is 4.54. The van der Waals surface area contributed by atoms with E-state index in [9.17, 15) is 9.59 Å². The second kappa shape index (κ2) is 5.62. The Labute approximate surface area is 134 Å². The Morgan fingerprint density at radius 2 is 1.81 bits per heavy atom. The maximum atomic E-state index is 12.7. The number of esters is 1. The Morgan fingerprint density at radius 1 is 1.19 bits per heavy atom. The largest absolute Gasteiger partial charge is 0.456 e. The summed E-state index contributed by atoms with van der Waals surface area (Å²) < 4.78 is 5.57. The Bertz CT molecular complexity index is 593. The summed E-state index contributed by atoms with van der Waals surface area (Å²) in [5.74, 6) is -1.01. The molecule has 1 aliphatic rings. The minimum atomic E-state index is -1.12. The molecule has 2 rings (SSSR count). The van der Waals surface area contributed by atoms with Crippen molar-refractivity contribution < 1.29 is 14.3 Å². The normalized spacial score (nSPS) is 25.1. The molecule has 0 aromatic heterocycles. The van der Waals surface area contributed by atoms with Gasteiger partial charge in [-0.2, -0.15) is 0 Å². The van der Waals surface area contributed by atoms with Gasteiger partial charge in [-0.05, 0) is 31.9 Å². The predicted octanol–water partition coefficient (Wildman–Crippen LogP) is 4.46. The van der Waals surface area contributed by atoms with Gasteiger partial charge in [-0.15, -0.1) is 0 Å². The van der Waals surface area contributed by atoms with Crippen LogP contribution in [0.15, 0.2) is 18.2 Å². The topological polar surface area (TPSA) is 43.4 Å². The van der Waals surface area contributed by atoms with E-state index in [0.717, 1.165) is 0 Å². The van der Waals surface area contributed by atoms with Crippen LogP contribution in [0.25, 0.3) is 0 Å². The van der Waals surface area contributed by atoms with Crippen LogP contribution in [-0.4, -0.2) is 11.8 Å². The summed E-state index contributed by atoms with van der Waals surface area (Å²) in [5.41, 5.74) is -0.499. The molecule has 0 amide bonds. The number of cyclic esters (lactones) is 1. The number of ketones is 1. The van der Waals surface area contributed by atoms with Crippen LogP contribution < -0.4 is 0 Å². The molecule has 0 bridgehead atoms. The van der Waals surface area contributed by atoms with E-state index in [1.165, 1.54) is 0 Å². The number of Topliss-reactive ketones (excluding diaryl/α,β-unsaturated/α-hetero) is 1. The zero-order chi connectivity index (χ0) is 15.9. The fourth-order valence-corrected chi connectivity index (χ4v) is 3.15. The Balaban J connectivity index is 2.51. The van der Waals surface area contributed by atoms with Gasteiger partial charge in [-0.25, -0.2) is 0 Å². The smallest absolute Gasteiger partial charge is 0.319 e. The highest BCUT2D eigenvalue weighted by Gasteiger charge is 2.52. The van der Waals surface area contributed by atoms with Crippen molar-refractivity contribution in [1.29, 1.82) is 0 Å². The summed E-state index contributed by atoms with van der Waals surface area (Å²) >= 11 is 12.1. The van der Waals surface area contributed by atoms with Crippen molar-refractivity contribution in [2.45, 2.75) is 33.8 Å². The fourth-order valence-electron chi connectivity index (χ4n) is 2.63. The van der Waals surface area contributed by atoms with Crippen LogP contribution in [0, 0.1) is 17.3 Å². The molecule has 1 aromatic carbocycles. The van der Waals surface area contributed by atoms with Crippen molar-refractivity contribution in [1.82, 2.24) is 0 Å². The third-order valence-electron chi connectivity index (χ3n) is 3.98. The molecule has 21 heavy (non-hydrogen) atoms. The molecule has 5 heteroatoms. The van der Waals surface area contributed by atoms with Gasteiger partial charge in [0, 0.05) is 15.6 Å². The highest BCUT2D eigenvalue weighted by molar-refractivity contribution is 6.35. The molecule has 0 saturated carbocycles. The Kier molecular flexibility index (Phi) is 4.36. The monoisotopic (exact) mass is 328 g/mol. The maximum Gasteiger partial charge on any atom is 0.319 e. The van der Waals surface area contributed by atoms with Crippen LogP contribution in [0.5, 0.6) is 0 Å². The Morgan fingerprint density at radius 3 is 2.33 bits per heavy atom. The van der Waals surface area contributed by atoms with Crippen molar-refractivity contribution in [2.24, 2.45) is 17.3 Å². The molecular weight excluding hydrogens is 311 g/mol. The molecule has 0 aliphatic carbocycles. The van der Waals surface area contributed by atoms with Gasteiger partial charge in [0.1, 0.15) is 11.5 Å². The quantitative estimate of drug-likeness (QED) is 0.594. The number of rotatable bonds is 2. The van der Waals surface area contributed by atoms with E-state index < -0.39 is 23.4 Å². The summed E-state index contributed by atoms with van der Waals surface area (Å²) in [6.07, 6.45) is -0.664. The number of hydrogen-bond acceptors (Lipinski definition) is 3. The standard InChI is InChI=1S/C16H18Cl2O3/c1-8(2)12-13(10-6-5-9(17)7-11(10)18)21-15(20)16(3,4)14(12)19/h5-8,12-13H,1-4H3/t12-,13+/m0/s1. The average molecular weight is 329 g/mol. The molecule has 0 radical (unpaired) electrons. The van der Waals surface area contributed by atoms with Gasteiger partial charge in [0.25, 0.3) is 0 Å². The molecule has 1 saturated heterocycles. The van der Waals surface area contributed by atoms with Crippen LogP contribution in [0.1, 0.15) is 39.4 Å². The van der Waals surface area contributed by atoms with Crippen LogP contribution in [0.4, 0.5) is 0 Å². The van der Waals surface area contributed by atoms with Crippen LogP contribution in [0.3, 0.4) is 0 Å². The lowest BCUT2D eigenvalue weighted by Gasteiger charge is -2.40. The lowest BCUT2D eigenvalue weighted by atomic mass is 9.71. The van der Waals surface area contributed by atoms with E-state index in [1.54, 1.807) is 32.0 Å². The van der Waals surface area contributed by atoms with Gasteiger partial charge in [0.05, 0.1) is 5.92 Å². The van der Waals surface area contributed by atoms with Crippen molar-refractivity contribution in [3.8, 4) is 0 Å². The second-order valence-electron chi connectivity index (χ2n) is 6.25. The van der Waals surface area contributed by atoms with E-state index in [4.69, 9.17) is 27.9 Å². The lowest BCUT2D eigenvalue weighted by Crippen LogP contribution is -2.49. The molecule has 0 unspecified atom stereocenters. The molecular formula is C16H18Cl2O3. The van der Waals surface area contributed by atoms with E-state index in [1.807, 2.05) is 13.8 Å². The summed E-state index contributed by atoms with van der Waals surface area (Å²) in [5, 5.41) is 0.900. The zero-order valence-electron chi connectivity index (χ0n) is 12.4. The number of halogens is 2. The van der Waals surface area contributed by atoms with Gasteiger partial charge in [-0.3, -0.25) is 9.59 Å². The van der Waals surface area contributed by atoms with E-state index in [0.29, 0.717) is 15.6 Å². The highest BCUT2D eigenvalue weighted by atomic mass is 35.5. The maximum absolute atomic E-state index is 12.7. The molecule has 2 atom stereocenters. The van der Waals surface area contributed by atoms with Crippen LogP contribution in [-0.2, 0) is 14.3 Å². The first-order valence-corrected chi connectivity index (χ1v) is 7.62. The van der Waals surface area contributed by atoms with Crippen molar-refractivity contribution >= 4 is 35.0 Å². The minimum absolute atomic E-state index is 0.0293. The molecule has 3 nitrogen and oxygen atoms in total. The first-order chi connectivity index (χ1) is 9.66. The van der Waals surface area contributed by atoms with Crippen molar-refractivity contribution in [3.05, 3.63) is 33.8 Å². The number of carbonyl (C=O) groups excluding carboxylic acids is 2. The summed E-state index contributed by atoms with van der Waals surface area (Å²) in [6, 6.07) is 4.98. The zero-order valence-corrected chi connectivity index (χ0v) is 14.0. The van der Waals surface area contributed by atoms with Crippen LogP contribution >= 0.6 is 23.2 Å². The molecule has 0 N–H and O–H groups in total. The summed E-state index contributed by atoms with van der Waals surface area (Å²) in [7, 11) is 0. The number of carbonyl (C=O) groups is 2. The molecule has 1 fully saturated rings. The third kappa shape index (κ3) is 2.82. The summed E-state index contributed by atoms with van der Waals surface area (Å²) in [4.78, 5) is 24.8. The molecule has 1 aliphatic heterocycles. The molecule has 0 spiro atoms. The van der Waals surface area contributed by atoms with E-state index >= 15 is 0 Å².